The fourth-order valence-corrected chi connectivity index (χ4v) is 8.09. The summed E-state index contributed by atoms with van der Waals surface area (Å²) in [6.07, 6.45) is -2.02. The molecule has 0 saturated carbocycles. The highest BCUT2D eigenvalue weighted by Gasteiger charge is 2.37. The fraction of sp³-hybridized carbons (Fsp3) is 0.303. The van der Waals surface area contributed by atoms with Gasteiger partial charge in [-0.2, -0.15) is 17.9 Å². The molecule has 54 heavy (non-hydrogen) atoms. The molecule has 1 fully saturated rings. The molecule has 0 bridgehead atoms. The number of benzene rings is 3. The van der Waals surface area contributed by atoms with Gasteiger partial charge >= 0.3 is 12.0 Å². The minimum atomic E-state index is -4.82. The van der Waals surface area contributed by atoms with Gasteiger partial charge in [-0.1, -0.05) is 22.9 Å². The maximum absolute atomic E-state index is 16.0. The van der Waals surface area contributed by atoms with Crippen LogP contribution in [0.2, 0.25) is 5.02 Å². The van der Waals surface area contributed by atoms with Crippen molar-refractivity contribution in [3.63, 3.8) is 0 Å². The van der Waals surface area contributed by atoms with Gasteiger partial charge in [-0.3, -0.25) is 0 Å². The summed E-state index contributed by atoms with van der Waals surface area (Å²) in [5.74, 6) is -1.77. The molecule has 3 heterocycles. The van der Waals surface area contributed by atoms with Gasteiger partial charge < -0.3 is 23.8 Å². The van der Waals surface area contributed by atoms with E-state index in [1.165, 1.54) is 30.6 Å². The van der Waals surface area contributed by atoms with Crippen molar-refractivity contribution < 1.29 is 54.7 Å². The summed E-state index contributed by atoms with van der Waals surface area (Å²) in [6.45, 7) is 0.0391. The van der Waals surface area contributed by atoms with Crippen LogP contribution in [0.5, 0.6) is 23.0 Å². The maximum atomic E-state index is 16.0. The molecular formula is C33H30ClF4N6O8S2+. The molecule has 3 aromatic carbocycles. The Labute approximate surface area is 314 Å². The summed E-state index contributed by atoms with van der Waals surface area (Å²) in [6, 6.07) is 8.58. The minimum absolute atomic E-state index is 0.0102. The van der Waals surface area contributed by atoms with Crippen LogP contribution in [-0.2, 0) is 32.3 Å². The number of hydrogen-bond acceptors (Lipinski definition) is 12. The predicted octanol–water partition coefficient (Wildman–Crippen LogP) is 8.09. The monoisotopic (exact) mass is 813 g/mol. The molecular weight excluding hydrogens is 784 g/mol. The summed E-state index contributed by atoms with van der Waals surface area (Å²) in [4.78, 5) is 16.7. The first kappa shape index (κ1) is 38.7. The molecule has 1 aliphatic rings. The van der Waals surface area contributed by atoms with Gasteiger partial charge in [0.1, 0.15) is 51.9 Å². The number of methoxy groups -OCH3 is 2. The first-order valence-corrected chi connectivity index (χ1v) is 18.5. The van der Waals surface area contributed by atoms with Crippen LogP contribution in [0.25, 0.3) is 11.1 Å². The molecule has 1 atom stereocenters. The molecule has 0 radical (unpaired) electrons. The van der Waals surface area contributed by atoms with Gasteiger partial charge in [0.25, 0.3) is 10.0 Å². The van der Waals surface area contributed by atoms with E-state index < -0.39 is 55.3 Å². The van der Waals surface area contributed by atoms with E-state index in [0.717, 1.165) is 59.9 Å². The summed E-state index contributed by atoms with van der Waals surface area (Å²) in [5.41, 5.74) is 0.141. The number of rotatable bonds is 13. The summed E-state index contributed by atoms with van der Waals surface area (Å²) < 4.78 is 111. The predicted molar refractivity (Wildman–Crippen MR) is 186 cm³/mol. The quantitative estimate of drug-likeness (QED) is 0.0840. The number of nitrogens with zero attached hydrogens (tertiary/aromatic N) is 6. The van der Waals surface area contributed by atoms with Crippen molar-refractivity contribution in [1.82, 2.24) is 20.0 Å². The third kappa shape index (κ3) is 7.91. The number of aromatic nitrogens is 4. The molecule has 0 spiro atoms. The van der Waals surface area contributed by atoms with Gasteiger partial charge in [-0.25, -0.2) is 17.1 Å². The van der Waals surface area contributed by atoms with E-state index in [1.807, 2.05) is 0 Å². The van der Waals surface area contributed by atoms with Crippen LogP contribution in [0, 0.1) is 10.7 Å². The second-order valence-corrected chi connectivity index (χ2v) is 14.6. The average Bonchev–Trinajstić information content (AvgIpc) is 3.86. The third-order valence-corrected chi connectivity index (χ3v) is 11.1. The molecule has 6 rings (SSSR count). The lowest BCUT2D eigenvalue weighted by Gasteiger charge is -2.23. The molecule has 286 valence electrons. The fourth-order valence-electron chi connectivity index (χ4n) is 5.57. The number of alkyl halides is 3. The molecule has 5 aromatic rings. The van der Waals surface area contributed by atoms with Gasteiger partial charge in [0, 0.05) is 29.9 Å². The standard InChI is InChI=1S/C33H30ClF4N6O8S2/c1-48-21-9-7-19(27(13-21)49-2)16-43(32-40-39-18-53-32)54(46,47)29-14-24(34)28(15-25(29)35)52-26-10-8-20(33(36,37)38)12-22(26)23-17-42(30-6-4-5-11-51-30)41-31(23)44(45)50-3/h7-10,12-15,17-18,30H,4-6,11,16H2,1-3H3/q+1. The van der Waals surface area contributed by atoms with E-state index in [9.17, 15) is 26.5 Å². The molecule has 21 heteroatoms. The zero-order chi connectivity index (χ0) is 38.8. The highest BCUT2D eigenvalue weighted by molar-refractivity contribution is 7.93. The number of hydrogen-bond donors (Lipinski definition) is 0. The number of sulfonamides is 1. The van der Waals surface area contributed by atoms with E-state index in [2.05, 4.69) is 15.3 Å². The van der Waals surface area contributed by atoms with E-state index in [0.29, 0.717) is 30.4 Å². The minimum Gasteiger partial charge on any atom is -0.497 e. The van der Waals surface area contributed by atoms with Gasteiger partial charge in [0.2, 0.25) is 5.13 Å². The molecule has 0 amide bonds. The first-order valence-electron chi connectivity index (χ1n) is 15.9. The Kier molecular flexibility index (Phi) is 11.3. The second-order valence-electron chi connectivity index (χ2n) is 11.5. The zero-order valence-corrected chi connectivity index (χ0v) is 30.9. The molecule has 0 N–H and O–H groups in total. The van der Waals surface area contributed by atoms with Crippen molar-refractivity contribution in [2.24, 2.45) is 0 Å². The van der Waals surface area contributed by atoms with Crippen LogP contribution in [0.3, 0.4) is 0 Å². The summed E-state index contributed by atoms with van der Waals surface area (Å²) in [7, 11) is -0.885. The number of halogens is 5. The Bertz CT molecular complexity index is 2270. The van der Waals surface area contributed by atoms with Crippen LogP contribution in [-0.4, -0.2) is 61.3 Å². The van der Waals surface area contributed by atoms with E-state index in [-0.39, 0.29) is 39.2 Å². The average molecular weight is 814 g/mol. The Morgan fingerprint density at radius 1 is 1.04 bits per heavy atom. The second kappa shape index (κ2) is 15.7. The summed E-state index contributed by atoms with van der Waals surface area (Å²) >= 11 is 7.39. The van der Waals surface area contributed by atoms with Crippen molar-refractivity contribution in [1.29, 1.82) is 0 Å². The Morgan fingerprint density at radius 3 is 2.48 bits per heavy atom. The highest BCUT2D eigenvalue weighted by Crippen LogP contribution is 2.44. The van der Waals surface area contributed by atoms with E-state index >= 15 is 4.39 Å². The van der Waals surface area contributed by atoms with Crippen molar-refractivity contribution in [2.45, 2.75) is 43.1 Å². The Hall–Kier alpha value is -5.05. The molecule has 0 aliphatic carbocycles. The molecule has 1 unspecified atom stereocenters. The zero-order valence-electron chi connectivity index (χ0n) is 28.5. The highest BCUT2D eigenvalue weighted by atomic mass is 35.5. The largest absolute Gasteiger partial charge is 0.497 e. The molecule has 1 saturated heterocycles. The number of anilines is 1. The van der Waals surface area contributed by atoms with Crippen molar-refractivity contribution in [2.75, 3.05) is 32.2 Å². The Morgan fingerprint density at radius 2 is 1.83 bits per heavy atom. The lowest BCUT2D eigenvalue weighted by Crippen LogP contribution is -2.31. The van der Waals surface area contributed by atoms with Crippen molar-refractivity contribution in [3.8, 4) is 34.1 Å². The lowest BCUT2D eigenvalue weighted by molar-refractivity contribution is -0.738. The molecule has 14 nitrogen and oxygen atoms in total. The van der Waals surface area contributed by atoms with E-state index in [4.69, 9.17) is 35.4 Å². The molecule has 2 aromatic heterocycles. The molecule has 1 aliphatic heterocycles. The van der Waals surface area contributed by atoms with Gasteiger partial charge in [-0.05, 0) is 60.6 Å². The smallest absolute Gasteiger partial charge is 0.442 e. The van der Waals surface area contributed by atoms with Crippen LogP contribution in [0.15, 0.2) is 65.1 Å². The third-order valence-electron chi connectivity index (χ3n) is 8.24. The topological polar surface area (TPSA) is 147 Å². The number of ether oxygens (including phenoxy) is 4. The van der Waals surface area contributed by atoms with Crippen LogP contribution < -0.4 is 18.5 Å². The van der Waals surface area contributed by atoms with Gasteiger partial charge in [-0.15, -0.1) is 10.2 Å². The van der Waals surface area contributed by atoms with E-state index in [1.54, 1.807) is 18.2 Å². The Balaban J connectivity index is 1.41. The summed E-state index contributed by atoms with van der Waals surface area (Å²) in [5, 5.41) is 11.3. The van der Waals surface area contributed by atoms with Crippen LogP contribution in [0.4, 0.5) is 28.5 Å². The SMILES string of the molecule is COc1ccc(CN(c2nncs2)S(=O)(=O)c2cc(Cl)c(Oc3ccc(C(F)(F)F)cc3-c3cn(C4CCCCO4)nc3[N+](=O)OC)cc2F)c(OC)c1. The van der Waals surface area contributed by atoms with Crippen LogP contribution in [0.1, 0.15) is 36.6 Å². The maximum Gasteiger partial charge on any atom is 0.442 e. The lowest BCUT2D eigenvalue weighted by atomic mass is 10.0. The van der Waals surface area contributed by atoms with Crippen molar-refractivity contribution >= 4 is 43.9 Å². The van der Waals surface area contributed by atoms with Gasteiger partial charge in [0.05, 0.1) is 42.6 Å². The first-order chi connectivity index (χ1) is 25.7. The van der Waals surface area contributed by atoms with Crippen molar-refractivity contribution in [3.05, 3.63) is 87.1 Å². The normalized spacial score (nSPS) is 14.8. The van der Waals surface area contributed by atoms with Gasteiger partial charge in [0.15, 0.2) is 11.2 Å². The van der Waals surface area contributed by atoms with Crippen LogP contribution >= 0.6 is 22.9 Å².